The Bertz CT molecular complexity index is 297. The van der Waals surface area contributed by atoms with Gasteiger partial charge in [0.1, 0.15) is 6.04 Å². The molecule has 0 heterocycles. The lowest BCUT2D eigenvalue weighted by Crippen LogP contribution is -2.32. The number of rotatable bonds is 3. The molecule has 13 heavy (non-hydrogen) atoms. The molecule has 0 aliphatic rings. The molecule has 1 aromatic carbocycles. The number of carboxylic acid groups (broad SMARTS) is 1. The van der Waals surface area contributed by atoms with E-state index in [1.807, 2.05) is 24.3 Å². The first kappa shape index (κ1) is 10.2. The van der Waals surface area contributed by atoms with E-state index in [0.717, 1.165) is 10.0 Å². The molecule has 1 rings (SSSR count). The molecule has 1 aromatic rings. The van der Waals surface area contributed by atoms with Crippen molar-refractivity contribution in [3.63, 3.8) is 0 Å². The van der Waals surface area contributed by atoms with Crippen LogP contribution in [0.2, 0.25) is 0 Å². The van der Waals surface area contributed by atoms with Crippen molar-refractivity contribution in [1.82, 2.24) is 0 Å². The first-order valence-electron chi connectivity index (χ1n) is 3.82. The number of carboxylic acids is 1. The molecule has 0 aliphatic carbocycles. The predicted octanol–water partition coefficient (Wildman–Crippen LogP) is 1.40. The second-order valence-corrected chi connectivity index (χ2v) is 3.69. The van der Waals surface area contributed by atoms with Gasteiger partial charge < -0.3 is 10.8 Å². The maximum atomic E-state index is 10.4. The fourth-order valence-corrected chi connectivity index (χ4v) is 1.23. The van der Waals surface area contributed by atoms with Gasteiger partial charge in [0.2, 0.25) is 0 Å². The third-order valence-corrected chi connectivity index (χ3v) is 2.21. The van der Waals surface area contributed by atoms with E-state index in [9.17, 15) is 4.79 Å². The zero-order valence-corrected chi connectivity index (χ0v) is 8.49. The highest BCUT2D eigenvalue weighted by atomic mass is 79.9. The van der Waals surface area contributed by atoms with Crippen molar-refractivity contribution in [3.8, 4) is 0 Å². The Morgan fingerprint density at radius 1 is 1.46 bits per heavy atom. The van der Waals surface area contributed by atoms with Crippen molar-refractivity contribution in [2.45, 2.75) is 12.5 Å². The molecule has 3 nitrogen and oxygen atoms in total. The highest BCUT2D eigenvalue weighted by Crippen LogP contribution is 2.11. The monoisotopic (exact) mass is 243 g/mol. The minimum atomic E-state index is -0.970. The molecule has 70 valence electrons. The summed E-state index contributed by atoms with van der Waals surface area (Å²) < 4.78 is 0.972. The van der Waals surface area contributed by atoms with Crippen molar-refractivity contribution >= 4 is 21.9 Å². The summed E-state index contributed by atoms with van der Waals surface area (Å²) >= 11 is 3.29. The summed E-state index contributed by atoms with van der Waals surface area (Å²) in [4.78, 5) is 10.4. The topological polar surface area (TPSA) is 63.3 Å². The molecule has 0 bridgehead atoms. The maximum Gasteiger partial charge on any atom is 0.320 e. The third-order valence-electron chi connectivity index (χ3n) is 1.69. The van der Waals surface area contributed by atoms with Crippen molar-refractivity contribution < 1.29 is 9.90 Å². The van der Waals surface area contributed by atoms with Crippen LogP contribution in [0.25, 0.3) is 0 Å². The van der Waals surface area contributed by atoms with Crippen LogP contribution in [0.3, 0.4) is 0 Å². The number of hydrogen-bond donors (Lipinski definition) is 2. The van der Waals surface area contributed by atoms with Crippen LogP contribution in [-0.4, -0.2) is 17.1 Å². The highest BCUT2D eigenvalue weighted by Gasteiger charge is 2.11. The van der Waals surface area contributed by atoms with Gasteiger partial charge in [0.25, 0.3) is 0 Å². The van der Waals surface area contributed by atoms with E-state index >= 15 is 0 Å². The first-order chi connectivity index (χ1) is 6.09. The van der Waals surface area contributed by atoms with E-state index in [1.165, 1.54) is 0 Å². The third kappa shape index (κ3) is 3.16. The summed E-state index contributed by atoms with van der Waals surface area (Å²) in [5.74, 6) is -0.970. The largest absolute Gasteiger partial charge is 0.480 e. The second-order valence-electron chi connectivity index (χ2n) is 2.78. The van der Waals surface area contributed by atoms with Crippen molar-refractivity contribution in [1.29, 1.82) is 0 Å². The summed E-state index contributed by atoms with van der Waals surface area (Å²) in [5, 5.41) is 8.56. The molecule has 0 fully saturated rings. The average molecular weight is 244 g/mol. The normalized spacial score (nSPS) is 12.5. The van der Waals surface area contributed by atoms with Crippen molar-refractivity contribution in [3.05, 3.63) is 34.3 Å². The first-order valence-corrected chi connectivity index (χ1v) is 4.61. The Balaban J connectivity index is 2.64. The Morgan fingerprint density at radius 3 is 2.46 bits per heavy atom. The zero-order chi connectivity index (χ0) is 9.84. The minimum Gasteiger partial charge on any atom is -0.480 e. The van der Waals surface area contributed by atoms with Crippen LogP contribution in [0, 0.1) is 0 Å². The van der Waals surface area contributed by atoms with Crippen LogP contribution in [0.15, 0.2) is 28.7 Å². The lowest BCUT2D eigenvalue weighted by atomic mass is 10.1. The quantitative estimate of drug-likeness (QED) is 0.844. The van der Waals surface area contributed by atoms with Gasteiger partial charge in [0.05, 0.1) is 0 Å². The van der Waals surface area contributed by atoms with Gasteiger partial charge in [-0.3, -0.25) is 4.79 Å². The molecule has 0 aromatic heterocycles. The van der Waals surface area contributed by atoms with Gasteiger partial charge >= 0.3 is 5.97 Å². The molecule has 0 unspecified atom stereocenters. The van der Waals surface area contributed by atoms with Gasteiger partial charge in [0.15, 0.2) is 0 Å². The van der Waals surface area contributed by atoms with Gasteiger partial charge in [-0.25, -0.2) is 0 Å². The summed E-state index contributed by atoms with van der Waals surface area (Å²) in [6, 6.07) is 6.62. The Hall–Kier alpha value is -0.870. The molecule has 4 heteroatoms. The van der Waals surface area contributed by atoms with E-state index in [-0.39, 0.29) is 0 Å². The Kier molecular flexibility index (Phi) is 3.45. The molecule has 0 spiro atoms. The molecule has 0 aliphatic heterocycles. The fourth-order valence-electron chi connectivity index (χ4n) is 0.962. The smallest absolute Gasteiger partial charge is 0.320 e. The van der Waals surface area contributed by atoms with Crippen molar-refractivity contribution in [2.75, 3.05) is 0 Å². The van der Waals surface area contributed by atoms with Gasteiger partial charge in [-0.15, -0.1) is 0 Å². The van der Waals surface area contributed by atoms with Crippen LogP contribution in [-0.2, 0) is 11.2 Å². The summed E-state index contributed by atoms with van der Waals surface area (Å²) in [7, 11) is 0. The molecule has 0 saturated carbocycles. The van der Waals surface area contributed by atoms with Crippen LogP contribution >= 0.6 is 15.9 Å². The van der Waals surface area contributed by atoms with Crippen LogP contribution < -0.4 is 5.73 Å². The number of hydrogen-bond acceptors (Lipinski definition) is 2. The van der Waals surface area contributed by atoms with Crippen LogP contribution in [0.4, 0.5) is 0 Å². The van der Waals surface area contributed by atoms with E-state index in [0.29, 0.717) is 6.42 Å². The average Bonchev–Trinajstić information content (AvgIpc) is 2.08. The minimum absolute atomic E-state index is 0.364. The van der Waals surface area contributed by atoms with E-state index in [2.05, 4.69) is 15.9 Å². The number of aliphatic carboxylic acids is 1. The molecular formula is C9H10BrNO2. The number of carbonyl (C=O) groups is 1. The SMILES string of the molecule is N[C@H](Cc1ccc(Br)cc1)C(=O)O. The standard InChI is InChI=1S/C9H10BrNO2/c10-7-3-1-6(2-4-7)5-8(11)9(12)13/h1-4,8H,5,11H2,(H,12,13)/t8-/m1/s1. The predicted molar refractivity (Wildman–Crippen MR) is 53.5 cm³/mol. The van der Waals surface area contributed by atoms with Crippen LogP contribution in [0.1, 0.15) is 5.56 Å². The maximum absolute atomic E-state index is 10.4. The number of halogens is 1. The van der Waals surface area contributed by atoms with E-state index in [4.69, 9.17) is 10.8 Å². The second kappa shape index (κ2) is 4.39. The number of nitrogens with two attached hydrogens (primary N) is 1. The lowest BCUT2D eigenvalue weighted by Gasteiger charge is -2.05. The molecule has 3 N–H and O–H groups in total. The Morgan fingerprint density at radius 2 is 2.00 bits per heavy atom. The summed E-state index contributed by atoms with van der Waals surface area (Å²) in [5.41, 5.74) is 6.30. The van der Waals surface area contributed by atoms with E-state index in [1.54, 1.807) is 0 Å². The molecular weight excluding hydrogens is 234 g/mol. The zero-order valence-electron chi connectivity index (χ0n) is 6.90. The van der Waals surface area contributed by atoms with Crippen molar-refractivity contribution in [2.24, 2.45) is 5.73 Å². The molecule has 0 saturated heterocycles. The fraction of sp³-hybridized carbons (Fsp3) is 0.222. The molecule has 1 atom stereocenters. The molecule has 0 radical (unpaired) electrons. The lowest BCUT2D eigenvalue weighted by molar-refractivity contribution is -0.138. The van der Waals surface area contributed by atoms with Gasteiger partial charge in [-0.2, -0.15) is 0 Å². The summed E-state index contributed by atoms with van der Waals surface area (Å²) in [6.45, 7) is 0. The molecule has 0 amide bonds. The van der Waals surface area contributed by atoms with Crippen LogP contribution in [0.5, 0.6) is 0 Å². The van der Waals surface area contributed by atoms with Gasteiger partial charge in [-0.1, -0.05) is 28.1 Å². The van der Waals surface area contributed by atoms with E-state index < -0.39 is 12.0 Å². The Labute approximate surface area is 84.7 Å². The summed E-state index contributed by atoms with van der Waals surface area (Å²) in [6.07, 6.45) is 0.364. The highest BCUT2D eigenvalue weighted by molar-refractivity contribution is 9.10. The van der Waals surface area contributed by atoms with Gasteiger partial charge in [-0.05, 0) is 24.1 Å². The number of benzene rings is 1. The van der Waals surface area contributed by atoms with Gasteiger partial charge in [0, 0.05) is 4.47 Å².